The van der Waals surface area contributed by atoms with Crippen LogP contribution in [-0.4, -0.2) is 12.6 Å². The molecule has 0 aliphatic carbocycles. The van der Waals surface area contributed by atoms with E-state index < -0.39 is 5.97 Å². The molecule has 0 fully saturated rings. The van der Waals surface area contributed by atoms with Crippen molar-refractivity contribution in [1.82, 2.24) is 0 Å². The van der Waals surface area contributed by atoms with Crippen LogP contribution in [0.1, 0.15) is 6.92 Å². The molecule has 0 saturated carbocycles. The molecule has 43 valence electrons. The highest BCUT2D eigenvalue weighted by molar-refractivity contribution is 5.78. The van der Waals surface area contributed by atoms with Crippen molar-refractivity contribution in [3.63, 3.8) is 0 Å². The molecule has 8 heavy (non-hydrogen) atoms. The van der Waals surface area contributed by atoms with Crippen molar-refractivity contribution in [2.24, 2.45) is 0 Å². The third-order valence-corrected chi connectivity index (χ3v) is 0.515. The standard InChI is InChI=1S/C5H6NO2/c1-2-5(7)8-4-3-6/h2H,4H2,1H3. The van der Waals surface area contributed by atoms with Crippen LogP contribution in [0.15, 0.2) is 0 Å². The fraction of sp³-hybridized carbons (Fsp3) is 0.400. The summed E-state index contributed by atoms with van der Waals surface area (Å²) in [7, 11) is 0. The molecule has 0 saturated heterocycles. The van der Waals surface area contributed by atoms with Gasteiger partial charge in [-0.2, -0.15) is 5.26 Å². The lowest BCUT2D eigenvalue weighted by molar-refractivity contribution is -0.138. The average Bonchev–Trinajstić information content (AvgIpc) is 1.83. The van der Waals surface area contributed by atoms with Crippen LogP contribution in [0.3, 0.4) is 0 Å². The Bertz CT molecular complexity index is 114. The number of carbonyl (C=O) groups is 1. The van der Waals surface area contributed by atoms with E-state index >= 15 is 0 Å². The predicted molar refractivity (Wildman–Crippen MR) is 26.5 cm³/mol. The maximum absolute atomic E-state index is 10.1. The van der Waals surface area contributed by atoms with Crippen molar-refractivity contribution in [1.29, 1.82) is 5.26 Å². The molecule has 3 heteroatoms. The maximum atomic E-state index is 10.1. The second-order valence-electron chi connectivity index (χ2n) is 1.05. The smallest absolute Gasteiger partial charge is 0.310 e. The van der Waals surface area contributed by atoms with Crippen LogP contribution in [0.2, 0.25) is 0 Å². The number of hydrogen-bond acceptors (Lipinski definition) is 3. The summed E-state index contributed by atoms with van der Waals surface area (Å²) in [6.07, 6.45) is 1.26. The molecule has 0 aromatic carbocycles. The van der Waals surface area contributed by atoms with Gasteiger partial charge in [0.2, 0.25) is 0 Å². The first-order valence-electron chi connectivity index (χ1n) is 2.14. The highest BCUT2D eigenvalue weighted by Gasteiger charge is 1.94. The largest absolute Gasteiger partial charge is 0.450 e. The average molecular weight is 112 g/mol. The molecule has 3 nitrogen and oxygen atoms in total. The Labute approximate surface area is 47.9 Å². The predicted octanol–water partition coefficient (Wildman–Crippen LogP) is 0.277. The lowest BCUT2D eigenvalue weighted by Crippen LogP contribution is -2.02. The lowest BCUT2D eigenvalue weighted by Gasteiger charge is -1.91. The number of esters is 1. The lowest BCUT2D eigenvalue weighted by atomic mass is 10.5. The van der Waals surface area contributed by atoms with E-state index in [0.717, 1.165) is 0 Å². The molecule has 0 aliphatic rings. The molecule has 0 unspecified atom stereocenters. The summed E-state index contributed by atoms with van der Waals surface area (Å²) in [6, 6.07) is 1.67. The van der Waals surface area contributed by atoms with E-state index in [-0.39, 0.29) is 6.61 Å². The van der Waals surface area contributed by atoms with Crippen LogP contribution in [0.25, 0.3) is 0 Å². The SMILES string of the molecule is C[CH]C(=O)OCC#N. The normalized spacial score (nSPS) is 7.50. The summed E-state index contributed by atoms with van der Waals surface area (Å²) >= 11 is 0. The second kappa shape index (κ2) is 4.13. The van der Waals surface area contributed by atoms with Crippen LogP contribution < -0.4 is 0 Å². The van der Waals surface area contributed by atoms with Gasteiger partial charge in [-0.05, 0) is 0 Å². The molecule has 0 aliphatic heterocycles. The van der Waals surface area contributed by atoms with Crippen molar-refractivity contribution in [2.45, 2.75) is 6.92 Å². The van der Waals surface area contributed by atoms with Crippen LogP contribution in [0.4, 0.5) is 0 Å². The Hall–Kier alpha value is -1.04. The van der Waals surface area contributed by atoms with Gasteiger partial charge in [0.15, 0.2) is 6.61 Å². The summed E-state index contributed by atoms with van der Waals surface area (Å²) in [5.74, 6) is -0.452. The van der Waals surface area contributed by atoms with Crippen molar-refractivity contribution < 1.29 is 9.53 Å². The first kappa shape index (κ1) is 6.96. The quantitative estimate of drug-likeness (QED) is 0.482. The molecular formula is C5H6NO2. The Balaban J connectivity index is 3.15. The summed E-state index contributed by atoms with van der Waals surface area (Å²) < 4.78 is 4.28. The van der Waals surface area contributed by atoms with Gasteiger partial charge in [0.05, 0.1) is 6.42 Å². The molecular weight excluding hydrogens is 106 g/mol. The topological polar surface area (TPSA) is 50.1 Å². The minimum atomic E-state index is -0.452. The molecule has 0 aromatic heterocycles. The highest BCUT2D eigenvalue weighted by atomic mass is 16.5. The van der Waals surface area contributed by atoms with E-state index in [2.05, 4.69) is 4.74 Å². The third-order valence-electron chi connectivity index (χ3n) is 0.515. The van der Waals surface area contributed by atoms with Crippen LogP contribution >= 0.6 is 0 Å². The van der Waals surface area contributed by atoms with E-state index in [9.17, 15) is 4.79 Å². The third kappa shape index (κ3) is 3.16. The molecule has 0 spiro atoms. The van der Waals surface area contributed by atoms with Crippen LogP contribution in [0.5, 0.6) is 0 Å². The number of hydrogen-bond donors (Lipinski definition) is 0. The zero-order valence-electron chi connectivity index (χ0n) is 4.55. The molecule has 0 N–H and O–H groups in total. The second-order valence-corrected chi connectivity index (χ2v) is 1.05. The fourth-order valence-corrected chi connectivity index (χ4v) is 0.187. The van der Waals surface area contributed by atoms with Gasteiger partial charge in [-0.25, -0.2) is 0 Å². The molecule has 0 rings (SSSR count). The zero-order valence-corrected chi connectivity index (χ0v) is 4.55. The molecule has 1 radical (unpaired) electrons. The number of ether oxygens (including phenoxy) is 1. The van der Waals surface area contributed by atoms with Gasteiger partial charge in [0, 0.05) is 0 Å². The van der Waals surface area contributed by atoms with Crippen molar-refractivity contribution in [3.8, 4) is 6.07 Å². The Morgan fingerprint density at radius 2 is 2.62 bits per heavy atom. The monoisotopic (exact) mass is 112 g/mol. The van der Waals surface area contributed by atoms with E-state index in [1.807, 2.05) is 0 Å². The molecule has 0 amide bonds. The Kier molecular flexibility index (Phi) is 3.59. The van der Waals surface area contributed by atoms with Gasteiger partial charge >= 0.3 is 5.97 Å². The molecule has 0 aromatic rings. The van der Waals surface area contributed by atoms with Crippen LogP contribution in [-0.2, 0) is 9.53 Å². The maximum Gasteiger partial charge on any atom is 0.310 e. The minimum absolute atomic E-state index is 0.164. The summed E-state index contributed by atoms with van der Waals surface area (Å²) in [6.45, 7) is 1.39. The van der Waals surface area contributed by atoms with E-state index in [1.165, 1.54) is 6.42 Å². The van der Waals surface area contributed by atoms with Gasteiger partial charge in [0.1, 0.15) is 6.07 Å². The number of carbonyl (C=O) groups excluding carboxylic acids is 1. The van der Waals surface area contributed by atoms with Gasteiger partial charge in [-0.15, -0.1) is 0 Å². The number of rotatable bonds is 2. The van der Waals surface area contributed by atoms with Crippen LogP contribution in [0, 0.1) is 17.8 Å². The first-order chi connectivity index (χ1) is 3.81. The first-order valence-corrected chi connectivity index (χ1v) is 2.14. The van der Waals surface area contributed by atoms with Gasteiger partial charge in [-0.3, -0.25) is 4.79 Å². The number of nitrogens with zero attached hydrogens (tertiary/aromatic N) is 1. The molecule has 0 heterocycles. The number of nitriles is 1. The molecule has 0 atom stereocenters. The summed E-state index contributed by atoms with van der Waals surface area (Å²) in [5, 5.41) is 7.87. The van der Waals surface area contributed by atoms with Gasteiger partial charge < -0.3 is 4.74 Å². The zero-order chi connectivity index (χ0) is 6.41. The van der Waals surface area contributed by atoms with E-state index in [4.69, 9.17) is 5.26 Å². The van der Waals surface area contributed by atoms with E-state index in [0.29, 0.717) is 0 Å². The highest BCUT2D eigenvalue weighted by Crippen LogP contribution is 1.79. The summed E-state index contributed by atoms with van der Waals surface area (Å²) in [5.41, 5.74) is 0. The summed E-state index contributed by atoms with van der Waals surface area (Å²) in [4.78, 5) is 10.1. The minimum Gasteiger partial charge on any atom is -0.450 e. The van der Waals surface area contributed by atoms with Gasteiger partial charge in [-0.1, -0.05) is 6.92 Å². The van der Waals surface area contributed by atoms with E-state index in [1.54, 1.807) is 13.0 Å². The van der Waals surface area contributed by atoms with Crippen molar-refractivity contribution in [2.75, 3.05) is 6.61 Å². The fourth-order valence-electron chi connectivity index (χ4n) is 0.187. The van der Waals surface area contributed by atoms with Crippen molar-refractivity contribution >= 4 is 5.97 Å². The molecule has 0 bridgehead atoms. The van der Waals surface area contributed by atoms with Gasteiger partial charge in [0.25, 0.3) is 0 Å². The van der Waals surface area contributed by atoms with Crippen molar-refractivity contribution in [3.05, 3.63) is 6.42 Å². The Morgan fingerprint density at radius 1 is 2.00 bits per heavy atom. The Morgan fingerprint density at radius 3 is 3.00 bits per heavy atom.